The van der Waals surface area contributed by atoms with E-state index in [1.807, 2.05) is 0 Å². The summed E-state index contributed by atoms with van der Waals surface area (Å²) in [6, 6.07) is 9.55. The van der Waals surface area contributed by atoms with Gasteiger partial charge in [0.05, 0.1) is 27.8 Å². The number of benzene rings is 2. The standard InChI is InChI=1S/C14H13O7PS/c1-21-14(15)10-2-6-12(7-3-10)23(19,20)13-8-4-11(5-9-13)22(16,17)18/h2-9H,1H3,(H2,16,17,18). The Morgan fingerprint density at radius 3 is 1.78 bits per heavy atom. The summed E-state index contributed by atoms with van der Waals surface area (Å²) >= 11 is 0. The number of rotatable bonds is 4. The van der Waals surface area contributed by atoms with Crippen molar-refractivity contribution in [2.75, 3.05) is 7.11 Å². The second kappa shape index (κ2) is 6.25. The first kappa shape index (κ1) is 17.4. The Balaban J connectivity index is 2.38. The van der Waals surface area contributed by atoms with E-state index in [-0.39, 0.29) is 20.7 Å². The van der Waals surface area contributed by atoms with Crippen molar-refractivity contribution < 1.29 is 32.3 Å². The van der Waals surface area contributed by atoms with Crippen LogP contribution in [0.5, 0.6) is 0 Å². The molecule has 2 aromatic carbocycles. The highest BCUT2D eigenvalue weighted by Crippen LogP contribution is 2.33. The molecule has 2 aromatic rings. The maximum absolute atomic E-state index is 12.4. The Labute approximate surface area is 132 Å². The minimum Gasteiger partial charge on any atom is -0.465 e. The average molecular weight is 356 g/mol. The molecule has 0 saturated carbocycles. The van der Waals surface area contributed by atoms with E-state index in [9.17, 15) is 17.8 Å². The van der Waals surface area contributed by atoms with Gasteiger partial charge in [0.1, 0.15) is 0 Å². The Kier molecular flexibility index (Phi) is 4.72. The molecule has 9 heteroatoms. The van der Waals surface area contributed by atoms with Crippen LogP contribution >= 0.6 is 7.60 Å². The predicted molar refractivity (Wildman–Crippen MR) is 81.4 cm³/mol. The highest BCUT2D eigenvalue weighted by Gasteiger charge is 2.21. The lowest BCUT2D eigenvalue weighted by Gasteiger charge is -2.08. The van der Waals surface area contributed by atoms with E-state index in [2.05, 4.69) is 4.74 Å². The number of carbonyl (C=O) groups excluding carboxylic acids is 1. The van der Waals surface area contributed by atoms with Gasteiger partial charge in [-0.3, -0.25) is 4.57 Å². The highest BCUT2D eigenvalue weighted by molar-refractivity contribution is 7.91. The fourth-order valence-corrected chi connectivity index (χ4v) is 3.64. The molecule has 122 valence electrons. The van der Waals surface area contributed by atoms with Gasteiger partial charge in [0.25, 0.3) is 0 Å². The van der Waals surface area contributed by atoms with Crippen LogP contribution in [0.1, 0.15) is 10.4 Å². The predicted octanol–water partition coefficient (Wildman–Crippen LogP) is 1.11. The Morgan fingerprint density at radius 2 is 1.39 bits per heavy atom. The van der Waals surface area contributed by atoms with E-state index in [0.717, 1.165) is 24.3 Å². The molecule has 7 nitrogen and oxygen atoms in total. The molecular formula is C14H13O7PS. The van der Waals surface area contributed by atoms with Gasteiger partial charge in [0, 0.05) is 0 Å². The molecule has 2 N–H and O–H groups in total. The normalized spacial score (nSPS) is 12.0. The minimum absolute atomic E-state index is 0.0471. The van der Waals surface area contributed by atoms with Crippen molar-refractivity contribution in [3.8, 4) is 0 Å². The van der Waals surface area contributed by atoms with Gasteiger partial charge in [-0.1, -0.05) is 0 Å². The molecule has 0 heterocycles. The van der Waals surface area contributed by atoms with Crippen LogP contribution in [0, 0.1) is 0 Å². The van der Waals surface area contributed by atoms with Gasteiger partial charge in [0.15, 0.2) is 0 Å². The zero-order chi connectivity index (χ0) is 17.3. The van der Waals surface area contributed by atoms with E-state index < -0.39 is 23.4 Å². The van der Waals surface area contributed by atoms with Crippen LogP contribution in [-0.4, -0.2) is 31.3 Å². The van der Waals surface area contributed by atoms with Gasteiger partial charge in [-0.25, -0.2) is 13.2 Å². The van der Waals surface area contributed by atoms with Crippen molar-refractivity contribution in [3.63, 3.8) is 0 Å². The smallest absolute Gasteiger partial charge is 0.356 e. The van der Waals surface area contributed by atoms with Crippen LogP contribution in [-0.2, 0) is 19.1 Å². The Bertz CT molecular complexity index is 864. The van der Waals surface area contributed by atoms with Gasteiger partial charge < -0.3 is 14.5 Å². The lowest BCUT2D eigenvalue weighted by molar-refractivity contribution is 0.0600. The molecule has 0 saturated heterocycles. The van der Waals surface area contributed by atoms with E-state index in [1.54, 1.807) is 0 Å². The minimum atomic E-state index is -4.43. The third-order valence-corrected chi connectivity index (χ3v) is 5.83. The third-order valence-electron chi connectivity index (χ3n) is 3.07. The third kappa shape index (κ3) is 3.68. The molecule has 0 radical (unpaired) electrons. The summed E-state index contributed by atoms with van der Waals surface area (Å²) in [5.74, 6) is -0.583. The topological polar surface area (TPSA) is 118 Å². The fraction of sp³-hybridized carbons (Fsp3) is 0.0714. The first-order chi connectivity index (χ1) is 10.7. The monoisotopic (exact) mass is 356 g/mol. The summed E-state index contributed by atoms with van der Waals surface area (Å²) in [6.07, 6.45) is 0. The van der Waals surface area contributed by atoms with Crippen molar-refractivity contribution in [3.05, 3.63) is 54.1 Å². The largest absolute Gasteiger partial charge is 0.465 e. The average Bonchev–Trinajstić information content (AvgIpc) is 2.53. The molecule has 0 aliphatic carbocycles. The van der Waals surface area contributed by atoms with Crippen LogP contribution in [0.15, 0.2) is 58.3 Å². The van der Waals surface area contributed by atoms with Crippen LogP contribution in [0.2, 0.25) is 0 Å². The van der Waals surface area contributed by atoms with E-state index in [1.165, 1.54) is 31.4 Å². The highest BCUT2D eigenvalue weighted by atomic mass is 32.2. The van der Waals surface area contributed by atoms with Crippen molar-refractivity contribution in [2.45, 2.75) is 9.79 Å². The van der Waals surface area contributed by atoms with E-state index in [0.29, 0.717) is 0 Å². The first-order valence-corrected chi connectivity index (χ1v) is 9.35. The molecule has 0 atom stereocenters. The summed E-state index contributed by atoms with van der Waals surface area (Å²) in [7, 11) is -7.07. The summed E-state index contributed by atoms with van der Waals surface area (Å²) in [4.78, 5) is 29.2. The molecule has 0 aliphatic rings. The molecule has 0 aliphatic heterocycles. The second-order valence-electron chi connectivity index (χ2n) is 4.56. The number of sulfone groups is 1. The van der Waals surface area contributed by atoms with E-state index in [4.69, 9.17) is 9.79 Å². The number of hydrogen-bond donors (Lipinski definition) is 2. The quantitative estimate of drug-likeness (QED) is 0.622. The zero-order valence-corrected chi connectivity index (χ0v) is 13.6. The number of esters is 1. The number of carbonyl (C=O) groups is 1. The number of hydrogen-bond acceptors (Lipinski definition) is 5. The second-order valence-corrected chi connectivity index (χ2v) is 8.11. The molecule has 2 rings (SSSR count). The summed E-state index contributed by atoms with van der Waals surface area (Å²) in [5, 5.41) is -0.266. The van der Waals surface area contributed by atoms with Gasteiger partial charge in [-0.15, -0.1) is 0 Å². The molecule has 23 heavy (non-hydrogen) atoms. The molecule has 0 fully saturated rings. The van der Waals surface area contributed by atoms with Gasteiger partial charge in [0.2, 0.25) is 9.84 Å². The molecule has 0 amide bonds. The maximum Gasteiger partial charge on any atom is 0.356 e. The van der Waals surface area contributed by atoms with Crippen molar-refractivity contribution in [1.29, 1.82) is 0 Å². The summed E-state index contributed by atoms with van der Waals surface area (Å²) in [6.45, 7) is 0. The molecule has 0 bridgehead atoms. The summed E-state index contributed by atoms with van der Waals surface area (Å²) < 4.78 is 40.5. The number of ether oxygens (including phenoxy) is 1. The summed E-state index contributed by atoms with van der Waals surface area (Å²) in [5.41, 5.74) is 0.211. The maximum atomic E-state index is 12.4. The fourth-order valence-electron chi connectivity index (χ4n) is 1.84. The van der Waals surface area contributed by atoms with Gasteiger partial charge >= 0.3 is 13.6 Å². The lowest BCUT2D eigenvalue weighted by atomic mass is 10.2. The van der Waals surface area contributed by atoms with Crippen LogP contribution in [0.3, 0.4) is 0 Å². The molecule has 0 spiro atoms. The van der Waals surface area contributed by atoms with Crippen molar-refractivity contribution >= 4 is 28.7 Å². The zero-order valence-electron chi connectivity index (χ0n) is 11.9. The van der Waals surface area contributed by atoms with E-state index >= 15 is 0 Å². The SMILES string of the molecule is COC(=O)c1ccc(S(=O)(=O)c2ccc(P(=O)(O)O)cc2)cc1. The van der Waals surface area contributed by atoms with Crippen LogP contribution in [0.25, 0.3) is 0 Å². The Morgan fingerprint density at radius 1 is 0.957 bits per heavy atom. The van der Waals surface area contributed by atoms with Crippen molar-refractivity contribution in [2.24, 2.45) is 0 Å². The lowest BCUT2D eigenvalue weighted by Crippen LogP contribution is -2.07. The van der Waals surface area contributed by atoms with Gasteiger partial charge in [-0.2, -0.15) is 0 Å². The van der Waals surface area contributed by atoms with Crippen molar-refractivity contribution in [1.82, 2.24) is 0 Å². The first-order valence-electron chi connectivity index (χ1n) is 6.26. The van der Waals surface area contributed by atoms with Crippen LogP contribution in [0.4, 0.5) is 0 Å². The molecule has 0 aromatic heterocycles. The molecule has 0 unspecified atom stereocenters. The Hall–Kier alpha value is -1.99. The van der Waals surface area contributed by atoms with Gasteiger partial charge in [-0.05, 0) is 48.5 Å². The van der Waals surface area contributed by atoms with Crippen LogP contribution < -0.4 is 5.30 Å². The number of methoxy groups -OCH3 is 1. The molecular weight excluding hydrogens is 343 g/mol.